The van der Waals surface area contributed by atoms with Gasteiger partial charge in [0.15, 0.2) is 0 Å². The van der Waals surface area contributed by atoms with Crippen LogP contribution in [-0.2, 0) is 11.2 Å². The Morgan fingerprint density at radius 1 is 1.47 bits per heavy atom. The van der Waals surface area contributed by atoms with Crippen LogP contribution < -0.4 is 5.32 Å². The summed E-state index contributed by atoms with van der Waals surface area (Å²) in [6.45, 7) is 0.789. The molecular weight excluding hydrogens is 240 g/mol. The number of aromatic nitrogens is 3. The molecule has 1 aromatic carbocycles. The van der Waals surface area contributed by atoms with Gasteiger partial charge in [0, 0.05) is 0 Å². The summed E-state index contributed by atoms with van der Waals surface area (Å²) < 4.78 is 5.94. The summed E-state index contributed by atoms with van der Waals surface area (Å²) in [5, 5.41) is 14.0. The van der Waals surface area contributed by atoms with E-state index in [1.165, 1.54) is 11.1 Å². The normalized spacial score (nSPS) is 19.9. The van der Waals surface area contributed by atoms with Gasteiger partial charge >= 0.3 is 0 Å². The molecule has 2 aromatic rings. The lowest BCUT2D eigenvalue weighted by Crippen LogP contribution is -2.24. The predicted molar refractivity (Wildman–Crippen MR) is 71.6 cm³/mol. The van der Waals surface area contributed by atoms with Crippen LogP contribution in [0.1, 0.15) is 35.4 Å². The Morgan fingerprint density at radius 2 is 2.37 bits per heavy atom. The Balaban J connectivity index is 1.80. The molecule has 2 unspecified atom stereocenters. The van der Waals surface area contributed by atoms with Crippen molar-refractivity contribution in [3.63, 3.8) is 0 Å². The van der Waals surface area contributed by atoms with E-state index in [4.69, 9.17) is 4.74 Å². The molecule has 0 saturated heterocycles. The van der Waals surface area contributed by atoms with Crippen molar-refractivity contribution in [2.75, 3.05) is 13.7 Å². The summed E-state index contributed by atoms with van der Waals surface area (Å²) in [5.74, 6) is 0. The van der Waals surface area contributed by atoms with Gasteiger partial charge in [0.05, 0.1) is 30.6 Å². The van der Waals surface area contributed by atoms with Gasteiger partial charge in [0.25, 0.3) is 0 Å². The first-order valence-corrected chi connectivity index (χ1v) is 6.61. The highest BCUT2D eigenvalue weighted by Crippen LogP contribution is 2.33. The average molecular weight is 258 g/mol. The smallest absolute Gasteiger partial charge is 0.0994 e. The highest BCUT2D eigenvalue weighted by Gasteiger charge is 2.25. The van der Waals surface area contributed by atoms with Crippen LogP contribution >= 0.6 is 0 Å². The number of H-pyrrole nitrogens is 1. The lowest BCUT2D eigenvalue weighted by molar-refractivity contribution is 0.0295. The van der Waals surface area contributed by atoms with Gasteiger partial charge in [-0.1, -0.05) is 24.3 Å². The van der Waals surface area contributed by atoms with Gasteiger partial charge in [0.2, 0.25) is 0 Å². The average Bonchev–Trinajstić information content (AvgIpc) is 2.99. The standard InChI is InChI=1S/C14H18N4O/c1-15-12(13-9-16-18-17-13)8-14-11-5-3-2-4-10(11)6-7-19-14/h2-5,9,12,14-15H,6-8H2,1H3,(H,16,17,18). The molecule has 5 nitrogen and oxygen atoms in total. The van der Waals surface area contributed by atoms with E-state index in [1.54, 1.807) is 6.20 Å². The predicted octanol–water partition coefficient (Wildman–Crippen LogP) is 1.77. The van der Waals surface area contributed by atoms with Crippen LogP contribution in [0.3, 0.4) is 0 Å². The molecule has 3 rings (SSSR count). The van der Waals surface area contributed by atoms with Gasteiger partial charge < -0.3 is 10.1 Å². The summed E-state index contributed by atoms with van der Waals surface area (Å²) in [6.07, 6.45) is 3.75. The highest BCUT2D eigenvalue weighted by molar-refractivity contribution is 5.31. The number of ether oxygens (including phenoxy) is 1. The van der Waals surface area contributed by atoms with E-state index in [-0.39, 0.29) is 12.1 Å². The summed E-state index contributed by atoms with van der Waals surface area (Å²) in [6, 6.07) is 8.67. The van der Waals surface area contributed by atoms with E-state index in [0.29, 0.717) is 0 Å². The van der Waals surface area contributed by atoms with Crippen molar-refractivity contribution in [3.05, 3.63) is 47.3 Å². The van der Waals surface area contributed by atoms with E-state index in [0.717, 1.165) is 25.1 Å². The first kappa shape index (κ1) is 12.3. The van der Waals surface area contributed by atoms with Crippen LogP contribution in [0, 0.1) is 0 Å². The fourth-order valence-corrected chi connectivity index (χ4v) is 2.65. The summed E-state index contributed by atoms with van der Waals surface area (Å²) in [4.78, 5) is 0. The molecule has 2 N–H and O–H groups in total. The second-order valence-corrected chi connectivity index (χ2v) is 4.78. The van der Waals surface area contributed by atoms with E-state index >= 15 is 0 Å². The maximum Gasteiger partial charge on any atom is 0.0994 e. The van der Waals surface area contributed by atoms with Crippen molar-refractivity contribution >= 4 is 0 Å². The van der Waals surface area contributed by atoms with Crippen LogP contribution in [0.4, 0.5) is 0 Å². The zero-order valence-corrected chi connectivity index (χ0v) is 11.0. The van der Waals surface area contributed by atoms with Gasteiger partial charge in [-0.3, -0.25) is 0 Å². The molecule has 0 bridgehead atoms. The molecule has 0 aliphatic carbocycles. The number of hydrogen-bond donors (Lipinski definition) is 2. The Hall–Kier alpha value is -1.72. The fraction of sp³-hybridized carbons (Fsp3) is 0.429. The van der Waals surface area contributed by atoms with Gasteiger partial charge in [-0.05, 0) is 31.0 Å². The van der Waals surface area contributed by atoms with E-state index in [2.05, 4.69) is 45.0 Å². The van der Waals surface area contributed by atoms with Crippen molar-refractivity contribution in [2.24, 2.45) is 0 Å². The second kappa shape index (κ2) is 5.50. The summed E-state index contributed by atoms with van der Waals surface area (Å²) >= 11 is 0. The maximum absolute atomic E-state index is 5.94. The minimum absolute atomic E-state index is 0.124. The van der Waals surface area contributed by atoms with Gasteiger partial charge in [-0.2, -0.15) is 15.4 Å². The Morgan fingerprint density at radius 3 is 3.16 bits per heavy atom. The minimum Gasteiger partial charge on any atom is -0.373 e. The number of benzene rings is 1. The molecule has 5 heteroatoms. The Labute approximate surface area is 112 Å². The zero-order chi connectivity index (χ0) is 13.1. The van der Waals surface area contributed by atoms with Crippen LogP contribution in [-0.4, -0.2) is 29.1 Å². The molecule has 1 aliphatic heterocycles. The molecular formula is C14H18N4O. The maximum atomic E-state index is 5.94. The fourth-order valence-electron chi connectivity index (χ4n) is 2.65. The van der Waals surface area contributed by atoms with Crippen LogP contribution in [0.2, 0.25) is 0 Å². The van der Waals surface area contributed by atoms with Gasteiger partial charge in [-0.15, -0.1) is 0 Å². The van der Waals surface area contributed by atoms with Crippen molar-refractivity contribution in [2.45, 2.75) is 25.0 Å². The molecule has 1 aromatic heterocycles. The van der Waals surface area contributed by atoms with Crippen molar-refractivity contribution < 1.29 is 4.74 Å². The molecule has 0 saturated carbocycles. The lowest BCUT2D eigenvalue weighted by atomic mass is 9.93. The largest absolute Gasteiger partial charge is 0.373 e. The number of nitrogens with one attached hydrogen (secondary N) is 2. The van der Waals surface area contributed by atoms with Gasteiger partial charge in [-0.25, -0.2) is 0 Å². The molecule has 100 valence electrons. The third kappa shape index (κ3) is 2.52. The minimum atomic E-state index is 0.124. The SMILES string of the molecule is CNC(CC1OCCc2ccccc21)c1cn[nH]n1. The molecule has 19 heavy (non-hydrogen) atoms. The van der Waals surface area contributed by atoms with Crippen LogP contribution in [0.15, 0.2) is 30.5 Å². The first-order valence-electron chi connectivity index (χ1n) is 6.61. The molecule has 0 radical (unpaired) electrons. The summed E-state index contributed by atoms with van der Waals surface area (Å²) in [7, 11) is 1.94. The topological polar surface area (TPSA) is 62.8 Å². The number of rotatable bonds is 4. The monoisotopic (exact) mass is 258 g/mol. The van der Waals surface area contributed by atoms with Gasteiger partial charge in [0.1, 0.15) is 0 Å². The van der Waals surface area contributed by atoms with E-state index in [9.17, 15) is 0 Å². The van der Waals surface area contributed by atoms with Crippen molar-refractivity contribution in [1.29, 1.82) is 0 Å². The third-order valence-corrected chi connectivity index (χ3v) is 3.68. The van der Waals surface area contributed by atoms with Crippen LogP contribution in [0.25, 0.3) is 0 Å². The highest BCUT2D eigenvalue weighted by atomic mass is 16.5. The quantitative estimate of drug-likeness (QED) is 0.877. The lowest BCUT2D eigenvalue weighted by Gasteiger charge is -2.28. The number of hydrogen-bond acceptors (Lipinski definition) is 4. The first-order chi connectivity index (χ1) is 9.38. The molecule has 2 atom stereocenters. The van der Waals surface area contributed by atoms with E-state index < -0.39 is 0 Å². The molecule has 0 spiro atoms. The molecule has 1 aliphatic rings. The zero-order valence-electron chi connectivity index (χ0n) is 11.0. The number of fused-ring (bicyclic) bond motifs is 1. The van der Waals surface area contributed by atoms with Crippen molar-refractivity contribution in [3.8, 4) is 0 Å². The number of aromatic amines is 1. The van der Waals surface area contributed by atoms with E-state index in [1.807, 2.05) is 7.05 Å². The molecule has 2 heterocycles. The van der Waals surface area contributed by atoms with Crippen molar-refractivity contribution in [1.82, 2.24) is 20.7 Å². The molecule has 0 amide bonds. The Kier molecular flexibility index (Phi) is 3.57. The number of nitrogens with zero attached hydrogens (tertiary/aromatic N) is 2. The summed E-state index contributed by atoms with van der Waals surface area (Å²) in [5.41, 5.74) is 3.63. The van der Waals surface area contributed by atoms with Crippen LogP contribution in [0.5, 0.6) is 0 Å². The third-order valence-electron chi connectivity index (χ3n) is 3.68. The second-order valence-electron chi connectivity index (χ2n) is 4.78. The molecule has 0 fully saturated rings. The Bertz CT molecular complexity index is 526.